The molecule has 1 rings (SSSR count). The quantitative estimate of drug-likeness (QED) is 0.330. The molecule has 0 saturated carbocycles. The Labute approximate surface area is 111 Å². The molecule has 0 heterocycles. The van der Waals surface area contributed by atoms with Crippen molar-refractivity contribution in [2.24, 2.45) is 0 Å². The van der Waals surface area contributed by atoms with Gasteiger partial charge in [0, 0.05) is 35.1 Å². The number of hydrogen-bond donors (Lipinski definition) is 0. The maximum Gasteiger partial charge on any atom is 0.313 e. The molecule has 0 saturated heterocycles. The second-order valence-electron chi connectivity index (χ2n) is 2.77. The summed E-state index contributed by atoms with van der Waals surface area (Å²) in [5.74, 6) is -0.676. The van der Waals surface area contributed by atoms with Gasteiger partial charge in [0.1, 0.15) is 6.42 Å². The molecule has 0 aromatic heterocycles. The molecule has 1 aromatic carbocycles. The smallest absolute Gasteiger partial charge is 0.313 e. The van der Waals surface area contributed by atoms with Gasteiger partial charge in [0.25, 0.3) is 0 Å². The van der Waals surface area contributed by atoms with Crippen molar-refractivity contribution in [1.82, 2.24) is 0 Å². The number of ether oxygens (including phenoxy) is 1. The number of benzene rings is 1. The van der Waals surface area contributed by atoms with Crippen LogP contribution in [-0.4, -0.2) is 47.9 Å². The molecule has 0 bridgehead atoms. The van der Waals surface area contributed by atoms with Crippen LogP contribution in [0.15, 0.2) is 30.3 Å². The minimum atomic E-state index is -0.471. The molecule has 0 atom stereocenters. The van der Waals surface area contributed by atoms with Crippen LogP contribution in [0.3, 0.4) is 0 Å². The summed E-state index contributed by atoms with van der Waals surface area (Å²) >= 11 is 0. The van der Waals surface area contributed by atoms with Crippen LogP contribution in [-0.2, 0) is 9.53 Å². The van der Waals surface area contributed by atoms with Crippen molar-refractivity contribution in [1.29, 1.82) is 0 Å². The zero-order valence-corrected chi connectivity index (χ0v) is 11.0. The summed E-state index contributed by atoms with van der Waals surface area (Å²) in [5.41, 5.74) is 0.542. The minimum absolute atomic E-state index is 0. The molecule has 15 heavy (non-hydrogen) atoms. The minimum Gasteiger partial charge on any atom is -0.466 e. The maximum atomic E-state index is 11.4. The Morgan fingerprint density at radius 3 is 2.33 bits per heavy atom. The van der Waals surface area contributed by atoms with Gasteiger partial charge < -0.3 is 4.74 Å². The molecule has 4 heteroatoms. The molecule has 0 amide bonds. The molecule has 0 N–H and O–H groups in total. The number of esters is 1. The van der Waals surface area contributed by atoms with Gasteiger partial charge in [-0.15, -0.1) is 0 Å². The standard InChI is InChI=1S/C11H12O3.Na/c1-2-14-11(13)8-10(12)9-6-4-3-5-7-9;/h3-7H,2,8H2,1H3;. The van der Waals surface area contributed by atoms with Gasteiger partial charge in [-0.2, -0.15) is 0 Å². The zero-order chi connectivity index (χ0) is 10.4. The third-order valence-electron chi connectivity index (χ3n) is 1.71. The molecule has 0 unspecified atom stereocenters. The molecule has 1 radical (unpaired) electrons. The van der Waals surface area contributed by atoms with Crippen LogP contribution in [0, 0.1) is 0 Å². The predicted octanol–water partition coefficient (Wildman–Crippen LogP) is 1.44. The van der Waals surface area contributed by atoms with Crippen LogP contribution in [0.4, 0.5) is 0 Å². The van der Waals surface area contributed by atoms with Crippen LogP contribution < -0.4 is 0 Å². The fourth-order valence-corrected chi connectivity index (χ4v) is 1.07. The first-order valence-corrected chi connectivity index (χ1v) is 4.48. The number of carbonyl (C=O) groups excluding carboxylic acids is 2. The van der Waals surface area contributed by atoms with Gasteiger partial charge in [-0.05, 0) is 6.92 Å². The van der Waals surface area contributed by atoms with E-state index < -0.39 is 5.97 Å². The topological polar surface area (TPSA) is 43.4 Å². The van der Waals surface area contributed by atoms with Gasteiger partial charge in [0.15, 0.2) is 5.78 Å². The summed E-state index contributed by atoms with van der Waals surface area (Å²) in [5, 5.41) is 0. The van der Waals surface area contributed by atoms with E-state index in [9.17, 15) is 9.59 Å². The molecule has 0 spiro atoms. The Balaban J connectivity index is 0.00000196. The Bertz CT molecular complexity index is 322. The van der Waals surface area contributed by atoms with E-state index in [4.69, 9.17) is 0 Å². The molecule has 1 aromatic rings. The van der Waals surface area contributed by atoms with Crippen LogP contribution in [0.2, 0.25) is 0 Å². The van der Waals surface area contributed by atoms with Crippen molar-refractivity contribution >= 4 is 41.3 Å². The van der Waals surface area contributed by atoms with Gasteiger partial charge in [-0.3, -0.25) is 9.59 Å². The van der Waals surface area contributed by atoms with Gasteiger partial charge in [-0.1, -0.05) is 30.3 Å². The first-order chi connectivity index (χ1) is 6.74. The van der Waals surface area contributed by atoms with Crippen molar-refractivity contribution in [2.45, 2.75) is 13.3 Å². The monoisotopic (exact) mass is 215 g/mol. The maximum absolute atomic E-state index is 11.4. The fourth-order valence-electron chi connectivity index (χ4n) is 1.07. The molecule has 0 fully saturated rings. The molecule has 0 aliphatic heterocycles. The average molecular weight is 215 g/mol. The normalized spacial score (nSPS) is 8.87. The largest absolute Gasteiger partial charge is 0.466 e. The van der Waals surface area contributed by atoms with Crippen molar-refractivity contribution in [3.05, 3.63) is 35.9 Å². The second kappa shape index (κ2) is 7.63. The number of ketones is 1. The van der Waals surface area contributed by atoms with Gasteiger partial charge in [0.2, 0.25) is 0 Å². The Morgan fingerprint density at radius 2 is 1.80 bits per heavy atom. The van der Waals surface area contributed by atoms with E-state index in [1.807, 2.05) is 6.07 Å². The van der Waals surface area contributed by atoms with Crippen LogP contribution in [0.5, 0.6) is 0 Å². The SMILES string of the molecule is CCOC(=O)CC(=O)c1ccccc1.[Na]. The van der Waals surface area contributed by atoms with Crippen molar-refractivity contribution in [3.8, 4) is 0 Å². The predicted molar refractivity (Wildman–Crippen MR) is 57.8 cm³/mol. The summed E-state index contributed by atoms with van der Waals surface area (Å²) in [4.78, 5) is 22.4. The molecular formula is C11H12NaO3. The number of Topliss-reactive ketones (excluding diaryl/α,β-unsaturated/α-hetero) is 1. The molecule has 75 valence electrons. The van der Waals surface area contributed by atoms with Gasteiger partial charge >= 0.3 is 5.97 Å². The first kappa shape index (κ1) is 14.4. The third-order valence-corrected chi connectivity index (χ3v) is 1.71. The second-order valence-corrected chi connectivity index (χ2v) is 2.77. The Morgan fingerprint density at radius 1 is 1.20 bits per heavy atom. The summed E-state index contributed by atoms with van der Waals surface area (Å²) in [6.07, 6.45) is -0.183. The van der Waals surface area contributed by atoms with E-state index in [0.29, 0.717) is 12.2 Å². The van der Waals surface area contributed by atoms with Crippen LogP contribution in [0.25, 0.3) is 0 Å². The van der Waals surface area contributed by atoms with Crippen molar-refractivity contribution < 1.29 is 14.3 Å². The van der Waals surface area contributed by atoms with Crippen LogP contribution >= 0.6 is 0 Å². The van der Waals surface area contributed by atoms with E-state index in [1.165, 1.54) is 0 Å². The first-order valence-electron chi connectivity index (χ1n) is 4.48. The summed E-state index contributed by atoms with van der Waals surface area (Å²) < 4.78 is 4.67. The molecule has 3 nitrogen and oxygen atoms in total. The summed E-state index contributed by atoms with van der Waals surface area (Å²) in [6, 6.07) is 8.71. The zero-order valence-electron chi connectivity index (χ0n) is 9.03. The van der Waals surface area contributed by atoms with E-state index in [1.54, 1.807) is 31.2 Å². The van der Waals surface area contributed by atoms with Crippen molar-refractivity contribution in [3.63, 3.8) is 0 Å². The summed E-state index contributed by atoms with van der Waals surface area (Å²) in [7, 11) is 0. The number of carbonyl (C=O) groups is 2. The summed E-state index contributed by atoms with van der Waals surface area (Å²) in [6.45, 7) is 2.02. The van der Waals surface area contributed by atoms with E-state index in [0.717, 1.165) is 0 Å². The number of hydrogen-bond acceptors (Lipinski definition) is 3. The molecule has 0 aliphatic carbocycles. The third kappa shape index (κ3) is 5.11. The van der Waals surface area contributed by atoms with Crippen molar-refractivity contribution in [2.75, 3.05) is 6.61 Å². The van der Waals surface area contributed by atoms with E-state index >= 15 is 0 Å². The van der Waals surface area contributed by atoms with Crippen LogP contribution in [0.1, 0.15) is 23.7 Å². The van der Waals surface area contributed by atoms with E-state index in [-0.39, 0.29) is 41.8 Å². The van der Waals surface area contributed by atoms with Gasteiger partial charge in [0.05, 0.1) is 6.61 Å². The Hall–Kier alpha value is -0.640. The molecular weight excluding hydrogens is 203 g/mol. The molecule has 0 aliphatic rings. The van der Waals surface area contributed by atoms with Gasteiger partial charge in [-0.25, -0.2) is 0 Å². The fraction of sp³-hybridized carbons (Fsp3) is 0.273. The number of rotatable bonds is 4. The average Bonchev–Trinajstić information content (AvgIpc) is 2.19. The Kier molecular flexibility index (Phi) is 7.30. The van der Waals surface area contributed by atoms with E-state index in [2.05, 4.69) is 4.74 Å².